The molecule has 10 heteroatoms. The molecular weight excluding hydrogens is 480 g/mol. The SMILES string of the molecule is N#Cc1ccc(-c2ccc(-c3ccc(SCF)cc3)cc2NC(=O)n2ccc(C(F)(F)F)n2)cc1. The summed E-state index contributed by atoms with van der Waals surface area (Å²) in [6.45, 7) is 0. The molecule has 0 bridgehead atoms. The van der Waals surface area contributed by atoms with E-state index in [9.17, 15) is 22.4 Å². The van der Waals surface area contributed by atoms with Crippen LogP contribution in [0, 0.1) is 11.3 Å². The van der Waals surface area contributed by atoms with Gasteiger partial charge >= 0.3 is 12.2 Å². The number of nitrogens with one attached hydrogen (secondary N) is 1. The zero-order chi connectivity index (χ0) is 25.0. The third-order valence-corrected chi connectivity index (χ3v) is 5.80. The summed E-state index contributed by atoms with van der Waals surface area (Å²) in [6, 6.07) is 20.5. The Morgan fingerprint density at radius 2 is 1.63 bits per heavy atom. The van der Waals surface area contributed by atoms with E-state index in [-0.39, 0.29) is 0 Å². The lowest BCUT2D eigenvalue weighted by Gasteiger charge is -2.14. The third-order valence-electron chi connectivity index (χ3n) is 5.08. The summed E-state index contributed by atoms with van der Waals surface area (Å²) in [5, 5.41) is 15.0. The van der Waals surface area contributed by atoms with Crippen LogP contribution in [0.25, 0.3) is 22.3 Å². The molecule has 1 amide bonds. The van der Waals surface area contributed by atoms with Gasteiger partial charge in [0.25, 0.3) is 0 Å². The fourth-order valence-electron chi connectivity index (χ4n) is 3.37. The van der Waals surface area contributed by atoms with E-state index < -0.39 is 23.9 Å². The van der Waals surface area contributed by atoms with Gasteiger partial charge in [-0.2, -0.15) is 28.2 Å². The average molecular weight is 496 g/mol. The molecule has 0 aliphatic carbocycles. The van der Waals surface area contributed by atoms with Crippen LogP contribution >= 0.6 is 11.8 Å². The Morgan fingerprint density at radius 3 is 2.23 bits per heavy atom. The molecule has 0 aliphatic heterocycles. The molecule has 1 heterocycles. The van der Waals surface area contributed by atoms with Gasteiger partial charge in [-0.05, 0) is 53.1 Å². The second-order valence-corrected chi connectivity index (χ2v) is 8.28. The number of carbonyl (C=O) groups is 1. The number of carbonyl (C=O) groups excluding carboxylic acids is 1. The molecule has 4 aromatic rings. The first kappa shape index (κ1) is 24.0. The molecule has 1 N–H and O–H groups in total. The van der Waals surface area contributed by atoms with Gasteiger partial charge in [0, 0.05) is 16.7 Å². The predicted octanol–water partition coefficient (Wildman–Crippen LogP) is 7.21. The Kier molecular flexibility index (Phi) is 6.89. The summed E-state index contributed by atoms with van der Waals surface area (Å²) in [5.74, 6) is 0. The Morgan fingerprint density at radius 1 is 0.971 bits per heavy atom. The van der Waals surface area contributed by atoms with Crippen LogP contribution in [0.4, 0.5) is 28.0 Å². The van der Waals surface area contributed by atoms with Crippen LogP contribution < -0.4 is 5.32 Å². The van der Waals surface area contributed by atoms with Gasteiger partial charge in [0.1, 0.15) is 6.01 Å². The van der Waals surface area contributed by atoms with Crippen molar-refractivity contribution in [2.24, 2.45) is 0 Å². The number of hydrogen-bond donors (Lipinski definition) is 1. The van der Waals surface area contributed by atoms with Crippen molar-refractivity contribution in [2.75, 3.05) is 11.3 Å². The minimum absolute atomic E-state index is 0.337. The highest BCUT2D eigenvalue weighted by atomic mass is 32.2. The first-order chi connectivity index (χ1) is 16.8. The molecule has 5 nitrogen and oxygen atoms in total. The van der Waals surface area contributed by atoms with Crippen LogP contribution in [0.1, 0.15) is 11.3 Å². The third kappa shape index (κ3) is 5.53. The second kappa shape index (κ2) is 10.0. The topological polar surface area (TPSA) is 70.7 Å². The standard InChI is InChI=1S/C25H16F4N4OS/c26-15-35-20-8-5-17(6-9-20)19-7-10-21(18-3-1-16(14-30)2-4-18)22(13-19)31-24(34)33-12-11-23(32-33)25(27,28)29/h1-13H,15H2,(H,31,34). The molecule has 176 valence electrons. The van der Waals surface area contributed by atoms with E-state index in [1.165, 1.54) is 0 Å². The van der Waals surface area contributed by atoms with E-state index in [1.54, 1.807) is 48.5 Å². The van der Waals surface area contributed by atoms with Gasteiger partial charge in [0.15, 0.2) is 5.69 Å². The molecule has 1 aromatic heterocycles. The summed E-state index contributed by atoms with van der Waals surface area (Å²) < 4.78 is 51.9. The number of amides is 1. The van der Waals surface area contributed by atoms with Crippen LogP contribution in [0.2, 0.25) is 0 Å². The van der Waals surface area contributed by atoms with Gasteiger partial charge in [0.2, 0.25) is 0 Å². The normalized spacial score (nSPS) is 11.2. The minimum Gasteiger partial charge on any atom is -0.305 e. The van der Waals surface area contributed by atoms with Crippen molar-refractivity contribution in [1.29, 1.82) is 5.26 Å². The predicted molar refractivity (Wildman–Crippen MR) is 126 cm³/mol. The number of alkyl halides is 4. The molecule has 0 aliphatic rings. The van der Waals surface area contributed by atoms with Crippen molar-refractivity contribution in [3.8, 4) is 28.3 Å². The molecule has 0 atom stereocenters. The van der Waals surface area contributed by atoms with Gasteiger partial charge in [0.05, 0.1) is 17.3 Å². The lowest BCUT2D eigenvalue weighted by Crippen LogP contribution is -2.21. The van der Waals surface area contributed by atoms with Crippen molar-refractivity contribution in [2.45, 2.75) is 11.1 Å². The van der Waals surface area contributed by atoms with Crippen LogP contribution in [0.5, 0.6) is 0 Å². The van der Waals surface area contributed by atoms with E-state index in [4.69, 9.17) is 5.26 Å². The van der Waals surface area contributed by atoms with Crippen molar-refractivity contribution in [1.82, 2.24) is 9.78 Å². The number of nitrogens with zero attached hydrogens (tertiary/aromatic N) is 3. The van der Waals surface area contributed by atoms with Gasteiger partial charge < -0.3 is 5.32 Å². The van der Waals surface area contributed by atoms with Crippen LogP contribution in [0.3, 0.4) is 0 Å². The summed E-state index contributed by atoms with van der Waals surface area (Å²) in [7, 11) is 0. The number of halogens is 4. The lowest BCUT2D eigenvalue weighted by molar-refractivity contribution is -0.141. The Hall–Kier alpha value is -4.10. The number of thioether (sulfide) groups is 1. The summed E-state index contributed by atoms with van der Waals surface area (Å²) >= 11 is 1.06. The van der Waals surface area contributed by atoms with Gasteiger partial charge in [-0.15, -0.1) is 0 Å². The van der Waals surface area contributed by atoms with E-state index in [1.807, 2.05) is 24.3 Å². The molecule has 35 heavy (non-hydrogen) atoms. The fourth-order valence-corrected chi connectivity index (χ4v) is 3.83. The maximum absolute atomic E-state index is 12.9. The number of benzene rings is 3. The summed E-state index contributed by atoms with van der Waals surface area (Å²) in [6.07, 6.45) is -3.74. The Labute approximate surface area is 202 Å². The molecule has 0 spiro atoms. The van der Waals surface area contributed by atoms with Crippen molar-refractivity contribution in [3.63, 3.8) is 0 Å². The molecule has 0 radical (unpaired) electrons. The first-order valence-electron chi connectivity index (χ1n) is 10.2. The van der Waals surface area contributed by atoms with Gasteiger partial charge in [-0.3, -0.25) is 0 Å². The Bertz CT molecular complexity index is 1390. The number of nitriles is 1. The van der Waals surface area contributed by atoms with Crippen molar-refractivity contribution < 1.29 is 22.4 Å². The Balaban J connectivity index is 1.72. The molecule has 0 fully saturated rings. The highest BCUT2D eigenvalue weighted by molar-refractivity contribution is 7.99. The number of rotatable bonds is 5. The summed E-state index contributed by atoms with van der Waals surface area (Å²) in [4.78, 5) is 13.5. The molecular formula is C25H16F4N4OS. The molecule has 3 aromatic carbocycles. The molecule has 0 saturated heterocycles. The zero-order valence-electron chi connectivity index (χ0n) is 17.9. The van der Waals surface area contributed by atoms with E-state index in [2.05, 4.69) is 10.4 Å². The molecule has 4 rings (SSSR count). The number of anilines is 1. The maximum Gasteiger partial charge on any atom is 0.435 e. The first-order valence-corrected chi connectivity index (χ1v) is 11.1. The van der Waals surface area contributed by atoms with E-state index in [0.717, 1.165) is 34.0 Å². The smallest absolute Gasteiger partial charge is 0.305 e. The molecule has 0 unspecified atom stereocenters. The highest BCUT2D eigenvalue weighted by Crippen LogP contribution is 2.34. The quantitative estimate of drug-likeness (QED) is 0.234. The van der Waals surface area contributed by atoms with E-state index in [0.29, 0.717) is 33.1 Å². The monoisotopic (exact) mass is 496 g/mol. The maximum atomic E-state index is 12.9. The van der Waals surface area contributed by atoms with Gasteiger partial charge in [-0.1, -0.05) is 48.2 Å². The highest BCUT2D eigenvalue weighted by Gasteiger charge is 2.34. The van der Waals surface area contributed by atoms with Crippen LogP contribution in [-0.2, 0) is 6.18 Å². The number of hydrogen-bond acceptors (Lipinski definition) is 4. The van der Waals surface area contributed by atoms with Crippen molar-refractivity contribution >= 4 is 23.5 Å². The zero-order valence-corrected chi connectivity index (χ0v) is 18.7. The van der Waals surface area contributed by atoms with Crippen LogP contribution in [0.15, 0.2) is 83.9 Å². The van der Waals surface area contributed by atoms with Crippen LogP contribution in [-0.4, -0.2) is 21.8 Å². The van der Waals surface area contributed by atoms with Gasteiger partial charge in [-0.25, -0.2) is 9.18 Å². The second-order valence-electron chi connectivity index (χ2n) is 7.30. The number of aromatic nitrogens is 2. The fraction of sp³-hybridized carbons (Fsp3) is 0.0800. The summed E-state index contributed by atoms with van der Waals surface area (Å²) in [5.41, 5.74) is 2.43. The molecule has 0 saturated carbocycles. The van der Waals surface area contributed by atoms with E-state index >= 15 is 0 Å². The largest absolute Gasteiger partial charge is 0.435 e. The lowest BCUT2D eigenvalue weighted by atomic mass is 9.97. The van der Waals surface area contributed by atoms with Crippen molar-refractivity contribution in [3.05, 3.63) is 90.3 Å². The minimum atomic E-state index is -4.67. The average Bonchev–Trinajstić information content (AvgIpc) is 3.36.